The normalized spacial score (nSPS) is 19.5. The number of sulfonamides is 1. The zero-order valence-corrected chi connectivity index (χ0v) is 19.4. The Kier molecular flexibility index (Phi) is 6.23. The first-order valence-electron chi connectivity index (χ1n) is 11.0. The van der Waals surface area contributed by atoms with E-state index >= 15 is 0 Å². The first kappa shape index (κ1) is 23.3. The number of rotatable bonds is 6. The van der Waals surface area contributed by atoms with Crippen LogP contribution in [0.5, 0.6) is 0 Å². The lowest BCUT2D eigenvalue weighted by Crippen LogP contribution is -2.49. The molecule has 2 heterocycles. The molecule has 11 nitrogen and oxygen atoms in total. The molecule has 33 heavy (non-hydrogen) atoms. The van der Waals surface area contributed by atoms with Gasteiger partial charge in [-0.05, 0) is 38.2 Å². The summed E-state index contributed by atoms with van der Waals surface area (Å²) in [4.78, 5) is 27.9. The molecular formula is C21H27N5O6S. The lowest BCUT2D eigenvalue weighted by atomic mass is 9.92. The van der Waals surface area contributed by atoms with Gasteiger partial charge in [-0.25, -0.2) is 8.42 Å². The van der Waals surface area contributed by atoms with Crippen LogP contribution in [0.1, 0.15) is 55.8 Å². The summed E-state index contributed by atoms with van der Waals surface area (Å²) in [5, 5.41) is 18.3. The molecular weight excluding hydrogens is 450 g/mol. The fourth-order valence-electron chi connectivity index (χ4n) is 4.69. The van der Waals surface area contributed by atoms with Crippen LogP contribution in [0.15, 0.2) is 27.6 Å². The highest BCUT2D eigenvalue weighted by Gasteiger charge is 2.43. The molecule has 12 heteroatoms. The molecule has 1 amide bonds. The summed E-state index contributed by atoms with van der Waals surface area (Å²) in [6, 6.07) is 3.82. The van der Waals surface area contributed by atoms with Crippen molar-refractivity contribution in [2.24, 2.45) is 5.92 Å². The van der Waals surface area contributed by atoms with Gasteiger partial charge in [0, 0.05) is 38.1 Å². The molecule has 0 bridgehead atoms. The standard InChI is InChI=1S/C21H27N5O6S/c1-14-5-6-17(26(28)29)13-18(14)33(30,31)25-11-7-16(8-12-25)19(27)23-21(9-3-4-10-21)20-22-15(2)32-24-20/h5-6,13,16H,3-4,7-12H2,1-2H3,(H,23,27). The molecule has 0 radical (unpaired) electrons. The minimum atomic E-state index is -3.91. The van der Waals surface area contributed by atoms with Crippen LogP contribution in [0.3, 0.4) is 0 Å². The quantitative estimate of drug-likeness (QED) is 0.493. The number of nitrogens with zero attached hydrogens (tertiary/aromatic N) is 4. The second-order valence-electron chi connectivity index (χ2n) is 8.80. The highest BCUT2D eigenvalue weighted by molar-refractivity contribution is 7.89. The Hall–Kier alpha value is -2.86. The number of aryl methyl sites for hydroxylation is 2. The van der Waals surface area contributed by atoms with Gasteiger partial charge in [0.1, 0.15) is 5.54 Å². The maximum atomic E-state index is 13.2. The Morgan fingerprint density at radius 2 is 1.91 bits per heavy atom. The highest BCUT2D eigenvalue weighted by Crippen LogP contribution is 2.38. The topological polar surface area (TPSA) is 149 Å². The number of hydrogen-bond donors (Lipinski definition) is 1. The summed E-state index contributed by atoms with van der Waals surface area (Å²) < 4.78 is 32.7. The molecule has 2 aromatic rings. The van der Waals surface area contributed by atoms with Crippen molar-refractivity contribution in [1.82, 2.24) is 19.8 Å². The monoisotopic (exact) mass is 477 g/mol. The molecule has 1 N–H and O–H groups in total. The van der Waals surface area contributed by atoms with Crippen molar-refractivity contribution in [3.63, 3.8) is 0 Å². The zero-order chi connectivity index (χ0) is 23.8. The van der Waals surface area contributed by atoms with E-state index in [0.717, 1.165) is 31.7 Å². The van der Waals surface area contributed by atoms with E-state index in [1.165, 1.54) is 16.4 Å². The SMILES string of the molecule is Cc1nc(C2(NC(=O)C3CCN(S(=O)(=O)c4cc([N+](=O)[O-])ccc4C)CC3)CCCC2)no1. The summed E-state index contributed by atoms with van der Waals surface area (Å²) in [6.45, 7) is 3.64. The van der Waals surface area contributed by atoms with Gasteiger partial charge >= 0.3 is 0 Å². The van der Waals surface area contributed by atoms with Crippen molar-refractivity contribution in [2.75, 3.05) is 13.1 Å². The number of aromatic nitrogens is 2. The van der Waals surface area contributed by atoms with Gasteiger partial charge in [-0.1, -0.05) is 24.1 Å². The maximum Gasteiger partial charge on any atom is 0.270 e. The number of nitro benzene ring substituents is 1. The van der Waals surface area contributed by atoms with Crippen LogP contribution >= 0.6 is 0 Å². The number of amides is 1. The third-order valence-electron chi connectivity index (χ3n) is 6.60. The minimum Gasteiger partial charge on any atom is -0.343 e. The number of piperidine rings is 1. The van der Waals surface area contributed by atoms with E-state index in [-0.39, 0.29) is 35.5 Å². The van der Waals surface area contributed by atoms with E-state index in [0.29, 0.717) is 30.1 Å². The molecule has 178 valence electrons. The Balaban J connectivity index is 1.45. The molecule has 1 aromatic heterocycles. The van der Waals surface area contributed by atoms with Crippen molar-refractivity contribution in [2.45, 2.75) is 62.8 Å². The first-order valence-corrected chi connectivity index (χ1v) is 12.4. The van der Waals surface area contributed by atoms with Crippen LogP contribution in [-0.2, 0) is 20.4 Å². The van der Waals surface area contributed by atoms with Gasteiger partial charge in [0.25, 0.3) is 5.69 Å². The lowest BCUT2D eigenvalue weighted by Gasteiger charge is -2.33. The average molecular weight is 478 g/mol. The van der Waals surface area contributed by atoms with Gasteiger partial charge in [-0.2, -0.15) is 9.29 Å². The zero-order valence-electron chi connectivity index (χ0n) is 18.6. The van der Waals surface area contributed by atoms with E-state index in [4.69, 9.17) is 4.52 Å². The van der Waals surface area contributed by atoms with Crippen LogP contribution in [-0.4, -0.2) is 46.8 Å². The summed E-state index contributed by atoms with van der Waals surface area (Å²) in [7, 11) is -3.91. The van der Waals surface area contributed by atoms with Gasteiger partial charge in [0.2, 0.25) is 21.8 Å². The third kappa shape index (κ3) is 4.49. The Bertz CT molecular complexity index is 1160. The van der Waals surface area contributed by atoms with E-state index < -0.39 is 20.5 Å². The number of nitrogens with one attached hydrogen (secondary N) is 1. The number of carbonyl (C=O) groups is 1. The van der Waals surface area contributed by atoms with Gasteiger partial charge < -0.3 is 9.84 Å². The molecule has 1 saturated heterocycles. The van der Waals surface area contributed by atoms with E-state index in [1.54, 1.807) is 13.8 Å². The molecule has 4 rings (SSSR count). The van der Waals surface area contributed by atoms with Crippen molar-refractivity contribution in [3.05, 3.63) is 45.6 Å². The lowest BCUT2D eigenvalue weighted by molar-refractivity contribution is -0.385. The molecule has 0 unspecified atom stereocenters. The van der Waals surface area contributed by atoms with E-state index in [9.17, 15) is 23.3 Å². The Labute approximate surface area is 191 Å². The number of non-ortho nitro benzene ring substituents is 1. The molecule has 2 fully saturated rings. The van der Waals surface area contributed by atoms with Gasteiger partial charge in [0.05, 0.1) is 9.82 Å². The van der Waals surface area contributed by atoms with Crippen LogP contribution in [0.2, 0.25) is 0 Å². The fourth-order valence-corrected chi connectivity index (χ4v) is 6.41. The second kappa shape index (κ2) is 8.82. The van der Waals surface area contributed by atoms with E-state index in [2.05, 4.69) is 15.5 Å². The van der Waals surface area contributed by atoms with E-state index in [1.807, 2.05) is 0 Å². The van der Waals surface area contributed by atoms with Crippen LogP contribution in [0.25, 0.3) is 0 Å². The number of benzene rings is 1. The Morgan fingerprint density at radius 3 is 2.48 bits per heavy atom. The molecule has 2 aliphatic rings. The average Bonchev–Trinajstić information content (AvgIpc) is 3.43. The summed E-state index contributed by atoms with van der Waals surface area (Å²) in [5.41, 5.74) is -0.468. The second-order valence-corrected chi connectivity index (χ2v) is 10.7. The number of nitro groups is 1. The number of hydrogen-bond acceptors (Lipinski definition) is 8. The van der Waals surface area contributed by atoms with Gasteiger partial charge in [0.15, 0.2) is 5.82 Å². The van der Waals surface area contributed by atoms with Crippen molar-refractivity contribution in [1.29, 1.82) is 0 Å². The molecule has 0 spiro atoms. The van der Waals surface area contributed by atoms with Crippen molar-refractivity contribution in [3.8, 4) is 0 Å². The Morgan fingerprint density at radius 1 is 1.24 bits per heavy atom. The highest BCUT2D eigenvalue weighted by atomic mass is 32.2. The molecule has 1 saturated carbocycles. The van der Waals surface area contributed by atoms with Gasteiger partial charge in [-0.15, -0.1) is 0 Å². The summed E-state index contributed by atoms with van der Waals surface area (Å²) in [5.74, 6) is 0.462. The fraction of sp³-hybridized carbons (Fsp3) is 0.571. The van der Waals surface area contributed by atoms with Gasteiger partial charge in [-0.3, -0.25) is 14.9 Å². The largest absolute Gasteiger partial charge is 0.343 e. The molecule has 1 aliphatic carbocycles. The summed E-state index contributed by atoms with van der Waals surface area (Å²) >= 11 is 0. The summed E-state index contributed by atoms with van der Waals surface area (Å²) in [6.07, 6.45) is 4.09. The van der Waals surface area contributed by atoms with Crippen molar-refractivity contribution >= 4 is 21.6 Å². The first-order chi connectivity index (χ1) is 15.6. The van der Waals surface area contributed by atoms with Crippen LogP contribution in [0, 0.1) is 29.9 Å². The number of carbonyl (C=O) groups excluding carboxylic acids is 1. The predicted octanol–water partition coefficient (Wildman–Crippen LogP) is 2.58. The van der Waals surface area contributed by atoms with Crippen LogP contribution < -0.4 is 5.32 Å². The maximum absolute atomic E-state index is 13.2. The predicted molar refractivity (Wildman–Crippen MR) is 117 cm³/mol. The minimum absolute atomic E-state index is 0.0722. The van der Waals surface area contributed by atoms with Crippen LogP contribution in [0.4, 0.5) is 5.69 Å². The third-order valence-corrected chi connectivity index (χ3v) is 8.64. The molecule has 1 aromatic carbocycles. The molecule has 1 aliphatic heterocycles. The smallest absolute Gasteiger partial charge is 0.270 e. The van der Waals surface area contributed by atoms with Crippen molar-refractivity contribution < 1.29 is 22.7 Å². The molecule has 0 atom stereocenters.